The van der Waals surface area contributed by atoms with Crippen LogP contribution in [-0.2, 0) is 4.74 Å². The van der Waals surface area contributed by atoms with Crippen LogP contribution in [0, 0.1) is 5.92 Å². The third-order valence-corrected chi connectivity index (χ3v) is 4.01. The van der Waals surface area contributed by atoms with Crippen LogP contribution in [0.5, 0.6) is 0 Å². The minimum Gasteiger partial charge on any atom is -0.465 e. The van der Waals surface area contributed by atoms with Crippen molar-refractivity contribution in [2.24, 2.45) is 5.92 Å². The number of carbonyl (C=O) groups excluding carboxylic acids is 2. The molecule has 6 nitrogen and oxygen atoms in total. The molecule has 0 spiro atoms. The van der Waals surface area contributed by atoms with Crippen LogP contribution in [0.2, 0.25) is 5.02 Å². The lowest BCUT2D eigenvalue weighted by molar-refractivity contribution is 0.0600. The van der Waals surface area contributed by atoms with Crippen LogP contribution < -0.4 is 10.6 Å². The van der Waals surface area contributed by atoms with Gasteiger partial charge in [0.1, 0.15) is 5.82 Å². The summed E-state index contributed by atoms with van der Waals surface area (Å²) in [4.78, 5) is 27.9. The van der Waals surface area contributed by atoms with Gasteiger partial charge in [0.25, 0.3) is 5.91 Å². The van der Waals surface area contributed by atoms with E-state index in [2.05, 4.69) is 29.5 Å². The summed E-state index contributed by atoms with van der Waals surface area (Å²) in [7, 11) is 1.32. The molecule has 0 atom stereocenters. The van der Waals surface area contributed by atoms with Crippen LogP contribution in [0.25, 0.3) is 0 Å². The maximum Gasteiger partial charge on any atom is 0.337 e. The van der Waals surface area contributed by atoms with Gasteiger partial charge in [-0.25, -0.2) is 9.78 Å². The molecule has 0 fully saturated rings. The summed E-state index contributed by atoms with van der Waals surface area (Å²) in [6, 6.07) is 8.13. The van der Waals surface area contributed by atoms with Gasteiger partial charge in [-0.3, -0.25) is 4.79 Å². The summed E-state index contributed by atoms with van der Waals surface area (Å²) in [5, 5.41) is 6.34. The van der Waals surface area contributed by atoms with E-state index >= 15 is 0 Å². The molecule has 0 aliphatic rings. The quantitative estimate of drug-likeness (QED) is 0.714. The first-order chi connectivity index (χ1) is 12.4. The fraction of sp³-hybridized carbons (Fsp3) is 0.316. The fourth-order valence-corrected chi connectivity index (χ4v) is 2.35. The highest BCUT2D eigenvalue weighted by atomic mass is 35.5. The zero-order valence-electron chi connectivity index (χ0n) is 15.0. The van der Waals surface area contributed by atoms with Crippen molar-refractivity contribution in [2.45, 2.75) is 20.3 Å². The number of benzene rings is 1. The van der Waals surface area contributed by atoms with Crippen LogP contribution >= 0.6 is 11.6 Å². The maximum absolute atomic E-state index is 12.1. The first-order valence-corrected chi connectivity index (χ1v) is 8.67. The monoisotopic (exact) mass is 375 g/mol. The number of amides is 1. The van der Waals surface area contributed by atoms with Gasteiger partial charge < -0.3 is 15.4 Å². The summed E-state index contributed by atoms with van der Waals surface area (Å²) < 4.78 is 4.70. The molecule has 26 heavy (non-hydrogen) atoms. The Labute approximate surface area is 157 Å². The number of carbonyl (C=O) groups is 2. The Hall–Kier alpha value is -2.60. The Kier molecular flexibility index (Phi) is 6.97. The van der Waals surface area contributed by atoms with Gasteiger partial charge in [0.2, 0.25) is 0 Å². The number of nitrogens with zero attached hydrogens (tertiary/aromatic N) is 1. The van der Waals surface area contributed by atoms with Crippen LogP contribution in [0.1, 0.15) is 41.0 Å². The SMILES string of the molecule is COC(=O)c1ccc(Cl)c(Nc2ccc(C(=O)NCCC(C)C)cn2)c1. The lowest BCUT2D eigenvalue weighted by atomic mass is 10.1. The van der Waals surface area contributed by atoms with Crippen molar-refractivity contribution in [3.63, 3.8) is 0 Å². The molecule has 1 heterocycles. The molecule has 2 N–H and O–H groups in total. The van der Waals surface area contributed by atoms with E-state index < -0.39 is 5.97 Å². The number of rotatable bonds is 7. The minimum absolute atomic E-state index is 0.157. The molecule has 0 bridgehead atoms. The molecule has 0 unspecified atom stereocenters. The zero-order chi connectivity index (χ0) is 19.1. The Morgan fingerprint density at radius 3 is 2.54 bits per heavy atom. The van der Waals surface area contributed by atoms with Crippen molar-refractivity contribution >= 4 is 35.0 Å². The molecule has 0 aliphatic heterocycles. The van der Waals surface area contributed by atoms with Crippen LogP contribution in [0.3, 0.4) is 0 Å². The Balaban J connectivity index is 2.05. The van der Waals surface area contributed by atoms with E-state index in [1.165, 1.54) is 13.3 Å². The van der Waals surface area contributed by atoms with Crippen LogP contribution in [0.4, 0.5) is 11.5 Å². The normalized spacial score (nSPS) is 10.5. The van der Waals surface area contributed by atoms with Gasteiger partial charge in [-0.1, -0.05) is 25.4 Å². The van der Waals surface area contributed by atoms with E-state index in [-0.39, 0.29) is 5.91 Å². The number of methoxy groups -OCH3 is 1. The molecule has 0 radical (unpaired) electrons. The number of hydrogen-bond acceptors (Lipinski definition) is 5. The number of aromatic nitrogens is 1. The lowest BCUT2D eigenvalue weighted by Crippen LogP contribution is -2.25. The van der Waals surface area contributed by atoms with E-state index in [1.807, 2.05) is 0 Å². The highest BCUT2D eigenvalue weighted by Gasteiger charge is 2.10. The van der Waals surface area contributed by atoms with Crippen molar-refractivity contribution in [3.8, 4) is 0 Å². The molecule has 1 aromatic heterocycles. The fourth-order valence-electron chi connectivity index (χ4n) is 2.18. The van der Waals surface area contributed by atoms with Crippen LogP contribution in [-0.4, -0.2) is 30.5 Å². The minimum atomic E-state index is -0.453. The van der Waals surface area contributed by atoms with Crippen molar-refractivity contribution in [1.29, 1.82) is 0 Å². The largest absolute Gasteiger partial charge is 0.465 e. The summed E-state index contributed by atoms with van der Waals surface area (Å²) in [6.07, 6.45) is 2.42. The predicted molar refractivity (Wildman–Crippen MR) is 102 cm³/mol. The van der Waals surface area contributed by atoms with Gasteiger partial charge in [-0.05, 0) is 42.7 Å². The smallest absolute Gasteiger partial charge is 0.337 e. The number of esters is 1. The van der Waals surface area contributed by atoms with Crippen molar-refractivity contribution in [3.05, 3.63) is 52.7 Å². The number of anilines is 2. The molecule has 1 amide bonds. The second kappa shape index (κ2) is 9.20. The second-order valence-electron chi connectivity index (χ2n) is 6.18. The molecule has 0 aliphatic carbocycles. The lowest BCUT2D eigenvalue weighted by Gasteiger charge is -2.10. The van der Waals surface area contributed by atoms with Crippen molar-refractivity contribution in [2.75, 3.05) is 19.0 Å². The number of halogens is 1. The first-order valence-electron chi connectivity index (χ1n) is 8.30. The topological polar surface area (TPSA) is 80.3 Å². The van der Waals surface area contributed by atoms with E-state index in [1.54, 1.807) is 30.3 Å². The first kappa shape index (κ1) is 19.7. The third-order valence-electron chi connectivity index (χ3n) is 3.68. The average Bonchev–Trinajstić information content (AvgIpc) is 2.63. The van der Waals surface area contributed by atoms with Crippen molar-refractivity contribution < 1.29 is 14.3 Å². The molecule has 138 valence electrons. The van der Waals surface area contributed by atoms with E-state index in [4.69, 9.17) is 16.3 Å². The zero-order valence-corrected chi connectivity index (χ0v) is 15.8. The van der Waals surface area contributed by atoms with Gasteiger partial charge in [0.05, 0.1) is 28.9 Å². The van der Waals surface area contributed by atoms with Crippen molar-refractivity contribution in [1.82, 2.24) is 10.3 Å². The van der Waals surface area contributed by atoms with Gasteiger partial charge in [0.15, 0.2) is 0 Å². The molecule has 2 aromatic rings. The number of hydrogen-bond donors (Lipinski definition) is 2. The maximum atomic E-state index is 12.1. The summed E-state index contributed by atoms with van der Waals surface area (Å²) in [6.45, 7) is 4.84. The summed E-state index contributed by atoms with van der Waals surface area (Å²) in [5.74, 6) is 0.430. The van der Waals surface area contributed by atoms with E-state index in [0.29, 0.717) is 40.1 Å². The standard InChI is InChI=1S/C19H22ClN3O3/c1-12(2)8-9-21-18(24)14-5-7-17(22-11-14)23-16-10-13(19(25)26-3)4-6-15(16)20/h4-7,10-12H,8-9H2,1-3H3,(H,21,24)(H,22,23). The molecule has 1 aromatic carbocycles. The van der Waals surface area contributed by atoms with Crippen LogP contribution in [0.15, 0.2) is 36.5 Å². The van der Waals surface area contributed by atoms with E-state index in [0.717, 1.165) is 6.42 Å². The molecular formula is C19H22ClN3O3. The molecule has 0 saturated heterocycles. The van der Waals surface area contributed by atoms with E-state index in [9.17, 15) is 9.59 Å². The number of pyridine rings is 1. The molecule has 0 saturated carbocycles. The summed E-state index contributed by atoms with van der Waals surface area (Å²) in [5.41, 5.74) is 1.38. The highest BCUT2D eigenvalue weighted by Crippen LogP contribution is 2.26. The molecule has 7 heteroatoms. The third kappa shape index (κ3) is 5.46. The Morgan fingerprint density at radius 1 is 1.19 bits per heavy atom. The molecular weight excluding hydrogens is 354 g/mol. The molecule has 2 rings (SSSR count). The number of ether oxygens (including phenoxy) is 1. The average molecular weight is 376 g/mol. The summed E-state index contributed by atoms with van der Waals surface area (Å²) >= 11 is 6.15. The Bertz CT molecular complexity index is 776. The number of nitrogens with one attached hydrogen (secondary N) is 2. The van der Waals surface area contributed by atoms with Gasteiger partial charge in [-0.2, -0.15) is 0 Å². The van der Waals surface area contributed by atoms with Gasteiger partial charge in [0, 0.05) is 12.7 Å². The Morgan fingerprint density at radius 2 is 1.92 bits per heavy atom. The second-order valence-corrected chi connectivity index (χ2v) is 6.59. The predicted octanol–water partition coefficient (Wildman–Crippen LogP) is 4.04. The van der Waals surface area contributed by atoms with Gasteiger partial charge >= 0.3 is 5.97 Å². The highest BCUT2D eigenvalue weighted by molar-refractivity contribution is 6.33. The van der Waals surface area contributed by atoms with Gasteiger partial charge in [-0.15, -0.1) is 0 Å².